The summed E-state index contributed by atoms with van der Waals surface area (Å²) < 4.78 is 0. The SMILES string of the molecule is CC(C)NCCC(=O)NCC(C)(C)C. The van der Waals surface area contributed by atoms with Gasteiger partial charge in [0.05, 0.1) is 0 Å². The predicted octanol–water partition coefficient (Wildman–Crippen LogP) is 1.54. The van der Waals surface area contributed by atoms with Gasteiger partial charge in [-0.25, -0.2) is 0 Å². The van der Waals surface area contributed by atoms with Crippen LogP contribution in [0.25, 0.3) is 0 Å². The third-order valence-corrected chi connectivity index (χ3v) is 1.72. The molecule has 0 aliphatic carbocycles. The Morgan fingerprint density at radius 1 is 1.29 bits per heavy atom. The molecule has 0 heterocycles. The first-order valence-electron chi connectivity index (χ1n) is 5.31. The van der Waals surface area contributed by atoms with Crippen LogP contribution in [0.2, 0.25) is 0 Å². The molecule has 1 amide bonds. The summed E-state index contributed by atoms with van der Waals surface area (Å²) >= 11 is 0. The van der Waals surface area contributed by atoms with Gasteiger partial charge in [-0.15, -0.1) is 0 Å². The van der Waals surface area contributed by atoms with E-state index in [0.29, 0.717) is 12.5 Å². The van der Waals surface area contributed by atoms with E-state index in [-0.39, 0.29) is 11.3 Å². The molecule has 0 atom stereocenters. The molecular formula is C11H24N2O. The highest BCUT2D eigenvalue weighted by atomic mass is 16.1. The molecule has 0 aromatic rings. The fourth-order valence-electron chi connectivity index (χ4n) is 0.927. The number of nitrogens with one attached hydrogen (secondary N) is 2. The summed E-state index contributed by atoms with van der Waals surface area (Å²) in [5.74, 6) is 0.132. The van der Waals surface area contributed by atoms with E-state index in [1.165, 1.54) is 0 Å². The smallest absolute Gasteiger partial charge is 0.221 e. The van der Waals surface area contributed by atoms with Crippen LogP contribution in [0.5, 0.6) is 0 Å². The van der Waals surface area contributed by atoms with Crippen molar-refractivity contribution in [2.45, 2.75) is 47.1 Å². The molecule has 0 rings (SSSR count). The molecule has 0 spiro atoms. The van der Waals surface area contributed by atoms with Crippen LogP contribution in [0, 0.1) is 5.41 Å². The Bertz CT molecular complexity index is 171. The molecule has 0 aliphatic rings. The minimum absolute atomic E-state index is 0.132. The molecule has 14 heavy (non-hydrogen) atoms. The highest BCUT2D eigenvalue weighted by Crippen LogP contribution is 2.09. The van der Waals surface area contributed by atoms with Crippen LogP contribution in [0.3, 0.4) is 0 Å². The van der Waals surface area contributed by atoms with E-state index in [4.69, 9.17) is 0 Å². The monoisotopic (exact) mass is 200 g/mol. The van der Waals surface area contributed by atoms with Crippen molar-refractivity contribution in [1.82, 2.24) is 10.6 Å². The first-order chi connectivity index (χ1) is 6.31. The summed E-state index contributed by atoms with van der Waals surface area (Å²) in [6.07, 6.45) is 0.564. The van der Waals surface area contributed by atoms with Crippen LogP contribution < -0.4 is 10.6 Å². The lowest BCUT2D eigenvalue weighted by atomic mass is 9.97. The quantitative estimate of drug-likeness (QED) is 0.707. The van der Waals surface area contributed by atoms with Gasteiger partial charge in [0.25, 0.3) is 0 Å². The minimum atomic E-state index is 0.132. The van der Waals surface area contributed by atoms with E-state index in [2.05, 4.69) is 45.3 Å². The van der Waals surface area contributed by atoms with Crippen molar-refractivity contribution in [2.24, 2.45) is 5.41 Å². The molecule has 2 N–H and O–H groups in total. The van der Waals surface area contributed by atoms with E-state index in [1.807, 2.05) is 0 Å². The number of carbonyl (C=O) groups is 1. The van der Waals surface area contributed by atoms with Crippen LogP contribution >= 0.6 is 0 Å². The maximum atomic E-state index is 11.3. The summed E-state index contributed by atoms with van der Waals surface area (Å²) in [7, 11) is 0. The van der Waals surface area contributed by atoms with E-state index in [1.54, 1.807) is 0 Å². The van der Waals surface area contributed by atoms with Crippen LogP contribution in [0.1, 0.15) is 41.0 Å². The molecule has 0 unspecified atom stereocenters. The van der Waals surface area contributed by atoms with Crippen molar-refractivity contribution >= 4 is 5.91 Å². The second-order valence-corrected chi connectivity index (χ2v) is 5.20. The third kappa shape index (κ3) is 9.52. The normalized spacial score (nSPS) is 11.9. The zero-order chi connectivity index (χ0) is 11.2. The summed E-state index contributed by atoms with van der Waals surface area (Å²) in [5.41, 5.74) is 0.168. The Hall–Kier alpha value is -0.570. The van der Waals surface area contributed by atoms with E-state index < -0.39 is 0 Å². The molecule has 3 nitrogen and oxygen atoms in total. The highest BCUT2D eigenvalue weighted by molar-refractivity contribution is 5.76. The van der Waals surface area contributed by atoms with E-state index in [0.717, 1.165) is 13.1 Å². The van der Waals surface area contributed by atoms with Gasteiger partial charge < -0.3 is 10.6 Å². The highest BCUT2D eigenvalue weighted by Gasteiger charge is 2.11. The van der Waals surface area contributed by atoms with Gasteiger partial charge in [0, 0.05) is 25.6 Å². The lowest BCUT2D eigenvalue weighted by Gasteiger charge is -2.18. The number of carbonyl (C=O) groups excluding carboxylic acids is 1. The number of hydrogen-bond acceptors (Lipinski definition) is 2. The van der Waals surface area contributed by atoms with Gasteiger partial charge in [0.15, 0.2) is 0 Å². The molecule has 0 radical (unpaired) electrons. The summed E-state index contributed by atoms with van der Waals surface area (Å²) in [6.45, 7) is 12.0. The van der Waals surface area contributed by atoms with Crippen LogP contribution in [0.15, 0.2) is 0 Å². The number of rotatable bonds is 5. The molecule has 84 valence electrons. The molecule has 0 bridgehead atoms. The molecule has 0 fully saturated rings. The third-order valence-electron chi connectivity index (χ3n) is 1.72. The lowest BCUT2D eigenvalue weighted by Crippen LogP contribution is -2.35. The molecular weight excluding hydrogens is 176 g/mol. The Balaban J connectivity index is 3.47. The van der Waals surface area contributed by atoms with Crippen molar-refractivity contribution in [3.8, 4) is 0 Å². The largest absolute Gasteiger partial charge is 0.356 e. The van der Waals surface area contributed by atoms with Crippen molar-refractivity contribution in [3.63, 3.8) is 0 Å². The van der Waals surface area contributed by atoms with Crippen LogP contribution in [0.4, 0.5) is 0 Å². The van der Waals surface area contributed by atoms with Crippen LogP contribution in [-0.4, -0.2) is 25.0 Å². The van der Waals surface area contributed by atoms with Gasteiger partial charge >= 0.3 is 0 Å². The zero-order valence-electron chi connectivity index (χ0n) is 10.1. The average molecular weight is 200 g/mol. The first kappa shape index (κ1) is 13.4. The fourth-order valence-corrected chi connectivity index (χ4v) is 0.927. The van der Waals surface area contributed by atoms with Gasteiger partial charge in [-0.1, -0.05) is 34.6 Å². The maximum Gasteiger partial charge on any atom is 0.221 e. The molecule has 3 heteroatoms. The van der Waals surface area contributed by atoms with Crippen molar-refractivity contribution in [2.75, 3.05) is 13.1 Å². The Morgan fingerprint density at radius 2 is 1.86 bits per heavy atom. The van der Waals surface area contributed by atoms with Gasteiger partial charge in [0.1, 0.15) is 0 Å². The topological polar surface area (TPSA) is 41.1 Å². The average Bonchev–Trinajstić information content (AvgIpc) is 1.99. The van der Waals surface area contributed by atoms with Gasteiger partial charge in [0.2, 0.25) is 5.91 Å². The Labute approximate surface area is 87.6 Å². The van der Waals surface area contributed by atoms with Crippen molar-refractivity contribution < 1.29 is 4.79 Å². The van der Waals surface area contributed by atoms with Gasteiger partial charge in [-0.2, -0.15) is 0 Å². The Morgan fingerprint density at radius 3 is 2.29 bits per heavy atom. The summed E-state index contributed by atoms with van der Waals surface area (Å²) in [5, 5.41) is 6.13. The molecule has 0 saturated carbocycles. The maximum absolute atomic E-state index is 11.3. The summed E-state index contributed by atoms with van der Waals surface area (Å²) in [4.78, 5) is 11.3. The predicted molar refractivity (Wildman–Crippen MR) is 60.2 cm³/mol. The van der Waals surface area contributed by atoms with Gasteiger partial charge in [-0.3, -0.25) is 4.79 Å². The number of hydrogen-bond donors (Lipinski definition) is 2. The van der Waals surface area contributed by atoms with Crippen molar-refractivity contribution in [1.29, 1.82) is 0 Å². The van der Waals surface area contributed by atoms with E-state index in [9.17, 15) is 4.79 Å². The zero-order valence-corrected chi connectivity index (χ0v) is 10.1. The van der Waals surface area contributed by atoms with Gasteiger partial charge in [-0.05, 0) is 5.41 Å². The van der Waals surface area contributed by atoms with Crippen molar-refractivity contribution in [3.05, 3.63) is 0 Å². The molecule has 0 aromatic heterocycles. The van der Waals surface area contributed by atoms with Crippen LogP contribution in [-0.2, 0) is 4.79 Å². The first-order valence-corrected chi connectivity index (χ1v) is 5.31. The lowest BCUT2D eigenvalue weighted by molar-refractivity contribution is -0.121. The second kappa shape index (κ2) is 6.02. The molecule has 0 aromatic carbocycles. The minimum Gasteiger partial charge on any atom is -0.356 e. The fraction of sp³-hybridized carbons (Fsp3) is 0.909. The molecule has 0 aliphatic heterocycles. The Kier molecular flexibility index (Phi) is 5.77. The summed E-state index contributed by atoms with van der Waals surface area (Å²) in [6, 6.07) is 0.449. The number of amides is 1. The van der Waals surface area contributed by atoms with E-state index >= 15 is 0 Å². The standard InChI is InChI=1S/C11H24N2O/c1-9(2)12-7-6-10(14)13-8-11(3,4)5/h9,12H,6-8H2,1-5H3,(H,13,14). The molecule has 0 saturated heterocycles. The second-order valence-electron chi connectivity index (χ2n) is 5.20.